The summed E-state index contributed by atoms with van der Waals surface area (Å²) in [6, 6.07) is 15.2. The van der Waals surface area contributed by atoms with Crippen molar-refractivity contribution in [1.82, 2.24) is 9.88 Å². The van der Waals surface area contributed by atoms with E-state index in [0.29, 0.717) is 23.8 Å². The summed E-state index contributed by atoms with van der Waals surface area (Å²) in [4.78, 5) is 21.6. The highest BCUT2D eigenvalue weighted by atomic mass is 32.1. The second-order valence-electron chi connectivity index (χ2n) is 6.16. The molecule has 6 heteroatoms. The van der Waals surface area contributed by atoms with E-state index in [9.17, 15) is 4.79 Å². The van der Waals surface area contributed by atoms with E-state index < -0.39 is 0 Å². The van der Waals surface area contributed by atoms with E-state index in [4.69, 9.17) is 9.72 Å². The normalized spacial score (nSPS) is 11.1. The van der Waals surface area contributed by atoms with Gasteiger partial charge in [0.05, 0.1) is 11.3 Å². The average Bonchev–Trinajstić information content (AvgIpc) is 3.07. The Balaban J connectivity index is 1.99. The van der Waals surface area contributed by atoms with Gasteiger partial charge < -0.3 is 9.64 Å². The van der Waals surface area contributed by atoms with Gasteiger partial charge in [-0.1, -0.05) is 35.6 Å². The molecule has 0 N–H and O–H groups in total. The molecule has 136 valence electrons. The first-order valence-corrected chi connectivity index (χ1v) is 9.45. The van der Waals surface area contributed by atoms with E-state index in [1.807, 2.05) is 69.6 Å². The number of amides is 1. The number of para-hydroxylation sites is 1. The predicted molar refractivity (Wildman–Crippen MR) is 107 cm³/mol. The number of aromatic nitrogens is 1. The van der Waals surface area contributed by atoms with Crippen LogP contribution in [0.15, 0.2) is 48.5 Å². The molecule has 0 aliphatic heterocycles. The van der Waals surface area contributed by atoms with Crippen LogP contribution in [0.4, 0.5) is 5.13 Å². The lowest BCUT2D eigenvalue weighted by molar-refractivity contribution is 0.0985. The van der Waals surface area contributed by atoms with Crippen LogP contribution < -0.4 is 9.64 Å². The quantitative estimate of drug-likeness (QED) is 0.634. The van der Waals surface area contributed by atoms with Gasteiger partial charge in [0, 0.05) is 18.7 Å². The maximum Gasteiger partial charge on any atom is 0.260 e. The number of anilines is 1. The number of carbonyl (C=O) groups excluding carboxylic acids is 1. The van der Waals surface area contributed by atoms with E-state index in [0.717, 1.165) is 22.5 Å². The maximum absolute atomic E-state index is 13.1. The van der Waals surface area contributed by atoms with Crippen LogP contribution in [0.1, 0.15) is 17.3 Å². The molecule has 0 bridgehead atoms. The number of nitrogens with zero attached hydrogens (tertiary/aromatic N) is 3. The zero-order valence-electron chi connectivity index (χ0n) is 15.3. The monoisotopic (exact) mass is 369 g/mol. The molecule has 1 heterocycles. The van der Waals surface area contributed by atoms with Gasteiger partial charge in [-0.2, -0.15) is 0 Å². The molecular weight excluding hydrogens is 346 g/mol. The van der Waals surface area contributed by atoms with E-state index >= 15 is 0 Å². The second kappa shape index (κ2) is 8.29. The van der Waals surface area contributed by atoms with Crippen LogP contribution in [0.3, 0.4) is 0 Å². The van der Waals surface area contributed by atoms with Crippen molar-refractivity contribution in [3.05, 3.63) is 54.1 Å². The van der Waals surface area contributed by atoms with Gasteiger partial charge in [-0.05, 0) is 45.3 Å². The minimum Gasteiger partial charge on any atom is -0.492 e. The molecule has 0 spiro atoms. The molecule has 0 radical (unpaired) electrons. The number of thiazole rings is 1. The van der Waals surface area contributed by atoms with Crippen LogP contribution in [0.5, 0.6) is 5.75 Å². The minimum atomic E-state index is -0.0375. The number of hydrogen-bond acceptors (Lipinski definition) is 5. The van der Waals surface area contributed by atoms with Gasteiger partial charge in [-0.3, -0.25) is 9.69 Å². The Kier molecular flexibility index (Phi) is 5.85. The minimum absolute atomic E-state index is 0.0375. The number of fused-ring (bicyclic) bond motifs is 1. The fourth-order valence-corrected chi connectivity index (χ4v) is 3.63. The smallest absolute Gasteiger partial charge is 0.260 e. The Morgan fingerprint density at radius 1 is 1.08 bits per heavy atom. The largest absolute Gasteiger partial charge is 0.492 e. The summed E-state index contributed by atoms with van der Waals surface area (Å²) < 4.78 is 6.70. The summed E-state index contributed by atoms with van der Waals surface area (Å²) in [5.41, 5.74) is 1.47. The Morgan fingerprint density at radius 2 is 1.85 bits per heavy atom. The Bertz CT molecular complexity index is 877. The second-order valence-corrected chi connectivity index (χ2v) is 7.17. The van der Waals surface area contributed by atoms with Crippen molar-refractivity contribution in [1.29, 1.82) is 0 Å². The number of likely N-dealkylation sites (N-methyl/N-ethyl adjacent to an activating group) is 1. The molecule has 0 unspecified atom stereocenters. The highest BCUT2D eigenvalue weighted by Gasteiger charge is 2.22. The van der Waals surface area contributed by atoms with Gasteiger partial charge in [0.2, 0.25) is 0 Å². The van der Waals surface area contributed by atoms with Crippen molar-refractivity contribution in [2.24, 2.45) is 0 Å². The molecule has 3 rings (SSSR count). The van der Waals surface area contributed by atoms with E-state index in [1.165, 1.54) is 11.3 Å². The van der Waals surface area contributed by atoms with Gasteiger partial charge in [0.25, 0.3) is 5.91 Å². The van der Waals surface area contributed by atoms with Gasteiger partial charge in [0.15, 0.2) is 5.13 Å². The first kappa shape index (κ1) is 18.4. The van der Waals surface area contributed by atoms with Crippen LogP contribution in [0.25, 0.3) is 10.2 Å². The van der Waals surface area contributed by atoms with Crippen molar-refractivity contribution < 1.29 is 9.53 Å². The summed E-state index contributed by atoms with van der Waals surface area (Å²) in [6.07, 6.45) is 0. The van der Waals surface area contributed by atoms with Crippen LogP contribution >= 0.6 is 11.3 Å². The Labute approximate surface area is 157 Å². The molecule has 26 heavy (non-hydrogen) atoms. The molecule has 0 aliphatic rings. The van der Waals surface area contributed by atoms with Crippen molar-refractivity contribution >= 4 is 32.6 Å². The van der Waals surface area contributed by atoms with Crippen molar-refractivity contribution in [3.8, 4) is 5.75 Å². The third kappa shape index (κ3) is 4.03. The van der Waals surface area contributed by atoms with Crippen molar-refractivity contribution in [3.63, 3.8) is 0 Å². The lowest BCUT2D eigenvalue weighted by Gasteiger charge is -2.22. The maximum atomic E-state index is 13.1. The number of carbonyl (C=O) groups is 1. The molecule has 3 aromatic rings. The molecule has 0 saturated heterocycles. The molecule has 0 aliphatic carbocycles. The van der Waals surface area contributed by atoms with Gasteiger partial charge >= 0.3 is 0 Å². The number of benzene rings is 2. The van der Waals surface area contributed by atoms with Gasteiger partial charge in [-0.15, -0.1) is 0 Å². The van der Waals surface area contributed by atoms with Crippen molar-refractivity contribution in [2.45, 2.75) is 6.92 Å². The van der Waals surface area contributed by atoms with Gasteiger partial charge in [0.1, 0.15) is 11.3 Å². The van der Waals surface area contributed by atoms with Gasteiger partial charge in [-0.25, -0.2) is 4.98 Å². The first-order chi connectivity index (χ1) is 12.6. The summed E-state index contributed by atoms with van der Waals surface area (Å²) >= 11 is 1.52. The third-order valence-corrected chi connectivity index (χ3v) is 4.98. The lowest BCUT2D eigenvalue weighted by atomic mass is 10.2. The summed E-state index contributed by atoms with van der Waals surface area (Å²) in [6.45, 7) is 3.87. The fourth-order valence-electron chi connectivity index (χ4n) is 2.62. The molecule has 1 aromatic heterocycles. The zero-order chi connectivity index (χ0) is 18.5. The summed E-state index contributed by atoms with van der Waals surface area (Å²) in [5.74, 6) is 0.719. The van der Waals surface area contributed by atoms with E-state index in [1.54, 1.807) is 4.90 Å². The number of ether oxygens (including phenoxy) is 1. The van der Waals surface area contributed by atoms with Crippen molar-refractivity contribution in [2.75, 3.05) is 38.7 Å². The number of hydrogen-bond donors (Lipinski definition) is 0. The molecule has 0 saturated carbocycles. The average molecular weight is 369 g/mol. The molecule has 5 nitrogen and oxygen atoms in total. The Hall–Kier alpha value is -2.44. The predicted octanol–water partition coefficient (Wildman–Crippen LogP) is 3.90. The summed E-state index contributed by atoms with van der Waals surface area (Å²) in [5, 5.41) is 0.697. The van der Waals surface area contributed by atoms with Crippen LogP contribution in [0.2, 0.25) is 0 Å². The third-order valence-electron chi connectivity index (χ3n) is 3.94. The summed E-state index contributed by atoms with van der Waals surface area (Å²) in [7, 11) is 3.99. The molecular formula is C20H23N3O2S. The van der Waals surface area contributed by atoms with Crippen LogP contribution in [-0.4, -0.2) is 49.6 Å². The molecule has 2 aromatic carbocycles. The SMILES string of the molecule is CCOc1cccc2sc(N(CCN(C)C)C(=O)c3ccccc3)nc12. The standard InChI is InChI=1S/C20H23N3O2S/c1-4-25-16-11-8-12-17-18(16)21-20(26-17)23(14-13-22(2)3)19(24)15-9-6-5-7-10-15/h5-12H,4,13-14H2,1-3H3. The fraction of sp³-hybridized carbons (Fsp3) is 0.300. The van der Waals surface area contributed by atoms with E-state index in [-0.39, 0.29) is 5.91 Å². The van der Waals surface area contributed by atoms with Crippen LogP contribution in [-0.2, 0) is 0 Å². The lowest BCUT2D eigenvalue weighted by Crippen LogP contribution is -2.36. The molecule has 1 amide bonds. The topological polar surface area (TPSA) is 45.7 Å². The molecule has 0 atom stereocenters. The first-order valence-electron chi connectivity index (χ1n) is 8.64. The molecule has 0 fully saturated rings. The van der Waals surface area contributed by atoms with E-state index in [2.05, 4.69) is 4.90 Å². The highest BCUT2D eigenvalue weighted by Crippen LogP contribution is 2.34. The Morgan fingerprint density at radius 3 is 2.54 bits per heavy atom. The highest BCUT2D eigenvalue weighted by molar-refractivity contribution is 7.22. The van der Waals surface area contributed by atoms with Crippen LogP contribution in [0, 0.1) is 0 Å². The number of rotatable bonds is 7. The zero-order valence-corrected chi connectivity index (χ0v) is 16.1.